The Labute approximate surface area is 132 Å². The van der Waals surface area contributed by atoms with E-state index in [2.05, 4.69) is 5.32 Å². The molecule has 5 nitrogen and oxygen atoms in total. The molecule has 1 saturated heterocycles. The molecule has 0 radical (unpaired) electrons. The zero-order valence-electron chi connectivity index (χ0n) is 12.0. The molecule has 1 amide bonds. The molecule has 1 aromatic carbocycles. The number of hydrogen-bond acceptors (Lipinski definition) is 4. The third kappa shape index (κ3) is 1.92. The number of esters is 1. The molecule has 1 N–H and O–H groups in total. The number of carbonyl (C=O) groups is 2. The van der Waals surface area contributed by atoms with E-state index < -0.39 is 0 Å². The lowest BCUT2D eigenvalue weighted by Gasteiger charge is -2.24. The molecule has 0 aromatic heterocycles. The van der Waals surface area contributed by atoms with Crippen LogP contribution in [0.1, 0.15) is 12.8 Å². The summed E-state index contributed by atoms with van der Waals surface area (Å²) in [6.45, 7) is 0. The van der Waals surface area contributed by atoms with Gasteiger partial charge in [0.05, 0.1) is 24.6 Å². The lowest BCUT2D eigenvalue weighted by atomic mass is 9.79. The second-order valence-electron chi connectivity index (χ2n) is 6.26. The lowest BCUT2D eigenvalue weighted by Crippen LogP contribution is -2.35. The molecule has 1 aromatic rings. The monoisotopic (exact) mass is 321 g/mol. The normalized spacial score (nSPS) is 34.6. The number of anilines is 1. The van der Waals surface area contributed by atoms with E-state index in [1.54, 1.807) is 18.2 Å². The van der Waals surface area contributed by atoms with Gasteiger partial charge in [-0.3, -0.25) is 9.59 Å². The molecular weight excluding hydrogens is 306 g/mol. The van der Waals surface area contributed by atoms with E-state index in [4.69, 9.17) is 21.1 Å². The topological polar surface area (TPSA) is 64.6 Å². The Kier molecular flexibility index (Phi) is 3.08. The van der Waals surface area contributed by atoms with Gasteiger partial charge in [-0.25, -0.2) is 0 Å². The van der Waals surface area contributed by atoms with Crippen LogP contribution in [0, 0.1) is 23.7 Å². The molecule has 1 heterocycles. The van der Waals surface area contributed by atoms with Crippen LogP contribution in [-0.4, -0.2) is 25.1 Å². The number of rotatable bonds is 3. The molecule has 0 spiro atoms. The summed E-state index contributed by atoms with van der Waals surface area (Å²) >= 11 is 5.98. The number of fused-ring (bicyclic) bond motifs is 1. The summed E-state index contributed by atoms with van der Waals surface area (Å²) in [4.78, 5) is 24.7. The van der Waals surface area contributed by atoms with Gasteiger partial charge in [0.1, 0.15) is 11.9 Å². The number of benzene rings is 1. The van der Waals surface area contributed by atoms with Gasteiger partial charge in [0.2, 0.25) is 5.91 Å². The second kappa shape index (κ2) is 4.88. The number of methoxy groups -OCH3 is 1. The standard InChI is InChI=1S/C16H16ClNO4/c1-21-11-3-2-8(17)6-10(11)18-15(19)13-7-4-9-12(5-7)22-16(20)14(9)13/h2-3,6-7,9,12-14H,4-5H2,1H3,(H,18,19)/t7-,9-,12+,13+,14-/m0/s1. The summed E-state index contributed by atoms with van der Waals surface area (Å²) < 4.78 is 10.6. The highest BCUT2D eigenvalue weighted by atomic mass is 35.5. The highest BCUT2D eigenvalue weighted by molar-refractivity contribution is 6.31. The Balaban J connectivity index is 1.59. The summed E-state index contributed by atoms with van der Waals surface area (Å²) in [5.41, 5.74) is 0.533. The van der Waals surface area contributed by atoms with Crippen LogP contribution in [0.3, 0.4) is 0 Å². The maximum Gasteiger partial charge on any atom is 0.310 e. The number of halogens is 1. The van der Waals surface area contributed by atoms with Crippen molar-refractivity contribution in [3.8, 4) is 5.75 Å². The van der Waals surface area contributed by atoms with Crippen molar-refractivity contribution >= 4 is 29.2 Å². The fourth-order valence-corrected chi connectivity index (χ4v) is 4.53. The summed E-state index contributed by atoms with van der Waals surface area (Å²) in [7, 11) is 1.54. The van der Waals surface area contributed by atoms with Crippen LogP contribution in [0.5, 0.6) is 5.75 Å². The van der Waals surface area contributed by atoms with Gasteiger partial charge in [-0.05, 0) is 37.0 Å². The van der Waals surface area contributed by atoms with Crippen molar-refractivity contribution in [1.82, 2.24) is 0 Å². The van der Waals surface area contributed by atoms with Crippen molar-refractivity contribution in [3.63, 3.8) is 0 Å². The van der Waals surface area contributed by atoms with Crippen LogP contribution in [0.15, 0.2) is 18.2 Å². The van der Waals surface area contributed by atoms with Gasteiger partial charge in [0.25, 0.3) is 0 Å². The first kappa shape index (κ1) is 13.9. The van der Waals surface area contributed by atoms with Crippen LogP contribution in [-0.2, 0) is 14.3 Å². The first-order chi connectivity index (χ1) is 10.6. The van der Waals surface area contributed by atoms with Crippen molar-refractivity contribution < 1.29 is 19.1 Å². The third-order valence-corrected chi connectivity index (χ3v) is 5.44. The molecule has 5 atom stereocenters. The Morgan fingerprint density at radius 1 is 1.41 bits per heavy atom. The smallest absolute Gasteiger partial charge is 0.310 e. The molecule has 0 unspecified atom stereocenters. The van der Waals surface area contributed by atoms with Crippen LogP contribution >= 0.6 is 11.6 Å². The van der Waals surface area contributed by atoms with Gasteiger partial charge in [0, 0.05) is 10.9 Å². The number of hydrogen-bond donors (Lipinski definition) is 1. The van der Waals surface area contributed by atoms with Crippen LogP contribution in [0.2, 0.25) is 5.02 Å². The summed E-state index contributed by atoms with van der Waals surface area (Å²) in [6, 6.07) is 5.06. The molecule has 3 aliphatic rings. The SMILES string of the molecule is COc1ccc(Cl)cc1NC(=O)[C@@H]1[C@H]2C[C@@H]3[C@@H]1C(=O)O[C@@H]3C2. The lowest BCUT2D eigenvalue weighted by molar-refractivity contribution is -0.145. The molecular formula is C16H16ClNO4. The molecule has 3 fully saturated rings. The Hall–Kier alpha value is -1.75. The largest absolute Gasteiger partial charge is 0.495 e. The van der Waals surface area contributed by atoms with E-state index in [1.165, 1.54) is 7.11 Å². The maximum atomic E-state index is 12.7. The first-order valence-corrected chi connectivity index (χ1v) is 7.81. The fourth-order valence-electron chi connectivity index (χ4n) is 4.36. The Bertz CT molecular complexity index is 660. The molecule has 4 rings (SSSR count). The minimum Gasteiger partial charge on any atom is -0.495 e. The predicted molar refractivity (Wildman–Crippen MR) is 79.7 cm³/mol. The van der Waals surface area contributed by atoms with Gasteiger partial charge in [-0.2, -0.15) is 0 Å². The molecule has 6 heteroatoms. The number of nitrogens with one attached hydrogen (secondary N) is 1. The van der Waals surface area contributed by atoms with E-state index in [0.29, 0.717) is 16.5 Å². The van der Waals surface area contributed by atoms with Gasteiger partial charge in [-0.15, -0.1) is 0 Å². The molecule has 1 aliphatic heterocycles. The number of amides is 1. The van der Waals surface area contributed by atoms with Crippen molar-refractivity contribution in [2.45, 2.75) is 18.9 Å². The van der Waals surface area contributed by atoms with Gasteiger partial charge in [-0.1, -0.05) is 11.6 Å². The molecule has 22 heavy (non-hydrogen) atoms. The number of carbonyl (C=O) groups excluding carboxylic acids is 2. The fraction of sp³-hybridized carbons (Fsp3) is 0.500. The summed E-state index contributed by atoms with van der Waals surface area (Å²) in [5, 5.41) is 3.39. The molecule has 2 aliphatic carbocycles. The molecule has 116 valence electrons. The molecule has 2 bridgehead atoms. The molecule has 2 saturated carbocycles. The summed E-state index contributed by atoms with van der Waals surface area (Å²) in [5.74, 6) is 0.0522. The maximum absolute atomic E-state index is 12.7. The second-order valence-corrected chi connectivity index (χ2v) is 6.69. The van der Waals surface area contributed by atoms with E-state index in [-0.39, 0.29) is 41.7 Å². The third-order valence-electron chi connectivity index (χ3n) is 5.21. The van der Waals surface area contributed by atoms with E-state index >= 15 is 0 Å². The van der Waals surface area contributed by atoms with Crippen molar-refractivity contribution in [2.24, 2.45) is 23.7 Å². The van der Waals surface area contributed by atoms with Gasteiger partial charge < -0.3 is 14.8 Å². The van der Waals surface area contributed by atoms with Crippen molar-refractivity contribution in [2.75, 3.05) is 12.4 Å². The van der Waals surface area contributed by atoms with E-state index in [0.717, 1.165) is 12.8 Å². The van der Waals surface area contributed by atoms with Gasteiger partial charge in [0.15, 0.2) is 0 Å². The number of ether oxygens (including phenoxy) is 2. The van der Waals surface area contributed by atoms with Crippen LogP contribution in [0.4, 0.5) is 5.69 Å². The zero-order chi connectivity index (χ0) is 15.4. The Morgan fingerprint density at radius 3 is 3.00 bits per heavy atom. The van der Waals surface area contributed by atoms with Crippen molar-refractivity contribution in [3.05, 3.63) is 23.2 Å². The van der Waals surface area contributed by atoms with E-state index in [1.807, 2.05) is 0 Å². The van der Waals surface area contributed by atoms with Gasteiger partial charge >= 0.3 is 5.97 Å². The summed E-state index contributed by atoms with van der Waals surface area (Å²) in [6.07, 6.45) is 1.75. The first-order valence-electron chi connectivity index (χ1n) is 7.43. The predicted octanol–water partition coefficient (Wildman–Crippen LogP) is 2.48. The minimum atomic E-state index is -0.306. The average molecular weight is 322 g/mol. The van der Waals surface area contributed by atoms with Crippen molar-refractivity contribution in [1.29, 1.82) is 0 Å². The highest BCUT2D eigenvalue weighted by Crippen LogP contribution is 2.57. The van der Waals surface area contributed by atoms with Crippen LogP contribution in [0.25, 0.3) is 0 Å². The van der Waals surface area contributed by atoms with E-state index in [9.17, 15) is 9.59 Å². The zero-order valence-corrected chi connectivity index (χ0v) is 12.8. The quantitative estimate of drug-likeness (QED) is 0.869. The van der Waals surface area contributed by atoms with Crippen LogP contribution < -0.4 is 10.1 Å². The average Bonchev–Trinajstić information content (AvgIpc) is 3.08. The highest BCUT2D eigenvalue weighted by Gasteiger charge is 2.63. The minimum absolute atomic E-state index is 0.0345. The Morgan fingerprint density at radius 2 is 2.23 bits per heavy atom.